The monoisotopic (exact) mass is 330 g/mol. The Labute approximate surface area is 130 Å². The van der Waals surface area contributed by atoms with E-state index in [1.165, 1.54) is 0 Å². The molecule has 21 heavy (non-hydrogen) atoms. The Hall–Kier alpha value is -1.30. The smallest absolute Gasteiger partial charge is 0.180 e. The van der Waals surface area contributed by atoms with E-state index in [9.17, 15) is 8.42 Å². The first kappa shape index (κ1) is 17.8. The van der Waals surface area contributed by atoms with Gasteiger partial charge in [-0.05, 0) is 33.9 Å². The van der Waals surface area contributed by atoms with Crippen LogP contribution in [0, 0.1) is 11.3 Å². The molecule has 0 spiro atoms. The van der Waals surface area contributed by atoms with Crippen LogP contribution in [0.25, 0.3) is 0 Å². The summed E-state index contributed by atoms with van der Waals surface area (Å²) in [6.45, 7) is 5.78. The van der Waals surface area contributed by atoms with Crippen molar-refractivity contribution in [3.05, 3.63) is 4.88 Å². The van der Waals surface area contributed by atoms with Gasteiger partial charge in [0.1, 0.15) is 20.8 Å². The van der Waals surface area contributed by atoms with Gasteiger partial charge in [-0.25, -0.2) is 8.42 Å². The molecular weight excluding hydrogens is 308 g/mol. The number of anilines is 2. The van der Waals surface area contributed by atoms with E-state index in [0.717, 1.165) is 30.6 Å². The van der Waals surface area contributed by atoms with E-state index in [2.05, 4.69) is 24.1 Å². The highest BCUT2D eigenvalue weighted by Gasteiger charge is 2.23. The second-order valence-electron chi connectivity index (χ2n) is 5.24. The van der Waals surface area contributed by atoms with Crippen LogP contribution < -0.4 is 11.1 Å². The summed E-state index contributed by atoms with van der Waals surface area (Å²) in [4.78, 5) is 2.49. The Morgan fingerprint density at radius 1 is 1.48 bits per heavy atom. The lowest BCUT2D eigenvalue weighted by Gasteiger charge is -2.20. The predicted octanol–water partition coefficient (Wildman–Crippen LogP) is 1.75. The fraction of sp³-hybridized carbons (Fsp3) is 0.615. The first-order valence-electron chi connectivity index (χ1n) is 6.65. The van der Waals surface area contributed by atoms with E-state index in [0.29, 0.717) is 17.6 Å². The first-order valence-corrected chi connectivity index (χ1v) is 9.35. The number of hydrogen-bond donors (Lipinski definition) is 2. The molecule has 0 aliphatic rings. The van der Waals surface area contributed by atoms with Gasteiger partial charge in [0.25, 0.3) is 0 Å². The molecule has 0 saturated heterocycles. The minimum absolute atomic E-state index is 0.0428. The quantitative estimate of drug-likeness (QED) is 0.739. The molecule has 0 bridgehead atoms. The molecule has 0 unspecified atom stereocenters. The van der Waals surface area contributed by atoms with E-state index >= 15 is 0 Å². The van der Waals surface area contributed by atoms with E-state index in [-0.39, 0.29) is 15.5 Å². The van der Waals surface area contributed by atoms with Gasteiger partial charge in [0, 0.05) is 18.8 Å². The standard InChI is InChI=1S/C13H22N4O2S2/c1-9(2)17(3)7-5-6-16-13-12(21(4,18)19)11(15)10(8-14)20-13/h9,16H,5-7,15H2,1-4H3. The molecule has 1 aromatic rings. The third kappa shape index (κ3) is 4.59. The van der Waals surface area contributed by atoms with Crippen LogP contribution >= 0.6 is 11.3 Å². The number of rotatable bonds is 7. The highest BCUT2D eigenvalue weighted by molar-refractivity contribution is 7.91. The molecule has 0 atom stereocenters. The molecule has 0 aromatic carbocycles. The van der Waals surface area contributed by atoms with Crippen LogP contribution in [-0.2, 0) is 9.84 Å². The summed E-state index contributed by atoms with van der Waals surface area (Å²) < 4.78 is 23.6. The Kier molecular flexibility index (Phi) is 6.01. The maximum Gasteiger partial charge on any atom is 0.180 e. The van der Waals surface area contributed by atoms with Gasteiger partial charge in [0.2, 0.25) is 0 Å². The molecule has 118 valence electrons. The van der Waals surface area contributed by atoms with Crippen molar-refractivity contribution in [3.63, 3.8) is 0 Å². The fourth-order valence-electron chi connectivity index (χ4n) is 1.78. The molecule has 0 radical (unpaired) electrons. The van der Waals surface area contributed by atoms with Crippen molar-refractivity contribution in [2.45, 2.75) is 31.2 Å². The Bertz CT molecular complexity index is 629. The van der Waals surface area contributed by atoms with Crippen LogP contribution in [0.15, 0.2) is 4.90 Å². The molecule has 1 aromatic heterocycles. The molecular formula is C13H22N4O2S2. The third-order valence-electron chi connectivity index (χ3n) is 3.23. The topological polar surface area (TPSA) is 99.2 Å². The van der Waals surface area contributed by atoms with E-state index in [1.807, 2.05) is 13.1 Å². The maximum absolute atomic E-state index is 11.8. The molecule has 0 fully saturated rings. The molecule has 0 aliphatic heterocycles. The Balaban J connectivity index is 2.79. The van der Waals surface area contributed by atoms with Crippen molar-refractivity contribution in [1.29, 1.82) is 5.26 Å². The van der Waals surface area contributed by atoms with E-state index in [1.54, 1.807) is 0 Å². The van der Waals surface area contributed by atoms with Gasteiger partial charge in [-0.2, -0.15) is 5.26 Å². The number of nitrogens with zero attached hydrogens (tertiary/aromatic N) is 2. The summed E-state index contributed by atoms with van der Waals surface area (Å²) in [5.41, 5.74) is 5.80. The number of hydrogen-bond acceptors (Lipinski definition) is 7. The molecule has 1 heterocycles. The lowest BCUT2D eigenvalue weighted by atomic mass is 10.3. The number of thiophene rings is 1. The summed E-state index contributed by atoms with van der Waals surface area (Å²) in [5.74, 6) is 0. The largest absolute Gasteiger partial charge is 0.396 e. The summed E-state index contributed by atoms with van der Waals surface area (Å²) in [6.07, 6.45) is 1.97. The van der Waals surface area contributed by atoms with Gasteiger partial charge in [0.15, 0.2) is 9.84 Å². The van der Waals surface area contributed by atoms with Gasteiger partial charge < -0.3 is 16.0 Å². The third-order valence-corrected chi connectivity index (χ3v) is 5.59. The lowest BCUT2D eigenvalue weighted by molar-refractivity contribution is 0.273. The van der Waals surface area contributed by atoms with Crippen LogP contribution in [0.1, 0.15) is 25.1 Å². The van der Waals surface area contributed by atoms with Gasteiger partial charge in [-0.3, -0.25) is 0 Å². The van der Waals surface area contributed by atoms with Crippen molar-refractivity contribution in [1.82, 2.24) is 4.90 Å². The van der Waals surface area contributed by atoms with Crippen molar-refractivity contribution < 1.29 is 8.42 Å². The zero-order valence-corrected chi connectivity index (χ0v) is 14.4. The van der Waals surface area contributed by atoms with Crippen molar-refractivity contribution in [2.24, 2.45) is 0 Å². The molecule has 0 aliphatic carbocycles. The normalized spacial score (nSPS) is 11.9. The summed E-state index contributed by atoms with van der Waals surface area (Å²) in [6, 6.07) is 2.40. The molecule has 0 saturated carbocycles. The van der Waals surface area contributed by atoms with Gasteiger partial charge in [-0.1, -0.05) is 0 Å². The Morgan fingerprint density at radius 3 is 2.57 bits per heavy atom. The van der Waals surface area contributed by atoms with E-state index in [4.69, 9.17) is 11.0 Å². The SMILES string of the molecule is CC(C)N(C)CCCNc1sc(C#N)c(N)c1S(C)(=O)=O. The second kappa shape index (κ2) is 7.11. The lowest BCUT2D eigenvalue weighted by Crippen LogP contribution is -2.28. The summed E-state index contributed by atoms with van der Waals surface area (Å²) in [5, 5.41) is 12.5. The first-order chi connectivity index (χ1) is 9.68. The number of nitrogens with two attached hydrogens (primary N) is 1. The zero-order chi connectivity index (χ0) is 16.2. The highest BCUT2D eigenvalue weighted by atomic mass is 32.2. The predicted molar refractivity (Wildman–Crippen MR) is 87.4 cm³/mol. The fourth-order valence-corrected chi connectivity index (χ4v) is 4.18. The summed E-state index contributed by atoms with van der Waals surface area (Å²) >= 11 is 1.09. The van der Waals surface area contributed by atoms with Gasteiger partial charge >= 0.3 is 0 Å². The molecule has 6 nitrogen and oxygen atoms in total. The zero-order valence-electron chi connectivity index (χ0n) is 12.8. The molecule has 8 heteroatoms. The number of nitrogens with one attached hydrogen (secondary N) is 1. The van der Waals surface area contributed by atoms with Crippen LogP contribution in [0.3, 0.4) is 0 Å². The van der Waals surface area contributed by atoms with Crippen molar-refractivity contribution in [3.8, 4) is 6.07 Å². The van der Waals surface area contributed by atoms with Gasteiger partial charge in [0.05, 0.1) is 5.69 Å². The van der Waals surface area contributed by atoms with Crippen molar-refractivity contribution in [2.75, 3.05) is 37.4 Å². The minimum atomic E-state index is -3.46. The highest BCUT2D eigenvalue weighted by Crippen LogP contribution is 2.38. The number of nitriles is 1. The van der Waals surface area contributed by atoms with Crippen LogP contribution in [0.5, 0.6) is 0 Å². The second-order valence-corrected chi connectivity index (χ2v) is 8.21. The van der Waals surface area contributed by atoms with Crippen LogP contribution in [0.2, 0.25) is 0 Å². The van der Waals surface area contributed by atoms with E-state index < -0.39 is 9.84 Å². The minimum Gasteiger partial charge on any atom is -0.396 e. The molecule has 1 rings (SSSR count). The average Bonchev–Trinajstić information content (AvgIpc) is 2.70. The average molecular weight is 330 g/mol. The molecule has 0 amide bonds. The maximum atomic E-state index is 11.8. The molecule has 3 N–H and O–H groups in total. The Morgan fingerprint density at radius 2 is 2.10 bits per heavy atom. The van der Waals surface area contributed by atoms with Crippen molar-refractivity contribution >= 4 is 31.9 Å². The summed E-state index contributed by atoms with van der Waals surface area (Å²) in [7, 11) is -1.41. The number of sulfone groups is 1. The number of nitrogen functional groups attached to an aromatic ring is 1. The van der Waals surface area contributed by atoms with Gasteiger partial charge in [-0.15, -0.1) is 11.3 Å². The van der Waals surface area contributed by atoms with Crippen LogP contribution in [-0.4, -0.2) is 45.8 Å². The van der Waals surface area contributed by atoms with Crippen LogP contribution in [0.4, 0.5) is 10.7 Å².